The molecule has 2 aromatic heterocycles. The Balaban J connectivity index is 0.000000892. The van der Waals surface area contributed by atoms with Crippen molar-refractivity contribution < 1.29 is 40.4 Å². The predicted molar refractivity (Wildman–Crippen MR) is 175 cm³/mol. The summed E-state index contributed by atoms with van der Waals surface area (Å²) in [6.45, 7) is 0.956. The molecule has 12 nitrogen and oxygen atoms in total. The zero-order valence-corrected chi connectivity index (χ0v) is 27.1. The molecule has 2 heterocycles. The highest BCUT2D eigenvalue weighted by Gasteiger charge is 2.11. The Morgan fingerprint density at radius 1 is 0.978 bits per heavy atom. The molecule has 0 amide bonds. The molecule has 0 radical (unpaired) electrons. The molecule has 0 aliphatic rings. The number of fused-ring (bicyclic) bond motifs is 1. The number of halogens is 2. The quantitative estimate of drug-likeness (QED) is 0.127. The van der Waals surface area contributed by atoms with Gasteiger partial charge in [0.05, 0.1) is 29.1 Å². The van der Waals surface area contributed by atoms with E-state index < -0.39 is 20.0 Å². The molecule has 5 N–H and O–H groups in total. The Hall–Kier alpha value is -4.12. The van der Waals surface area contributed by atoms with Crippen molar-refractivity contribution in [3.63, 3.8) is 0 Å². The van der Waals surface area contributed by atoms with Gasteiger partial charge in [-0.05, 0) is 66.2 Å². The van der Waals surface area contributed by atoms with E-state index in [1.54, 1.807) is 24.3 Å². The van der Waals surface area contributed by atoms with Crippen LogP contribution in [0.4, 0.5) is 15.9 Å². The molecule has 0 atom stereocenters. The molecule has 0 bridgehead atoms. The van der Waals surface area contributed by atoms with Crippen LogP contribution in [-0.4, -0.2) is 61.6 Å². The van der Waals surface area contributed by atoms with Crippen LogP contribution in [0.1, 0.15) is 11.3 Å². The van der Waals surface area contributed by atoms with Crippen molar-refractivity contribution in [1.29, 1.82) is 0 Å². The third-order valence-electron chi connectivity index (χ3n) is 6.01. The summed E-state index contributed by atoms with van der Waals surface area (Å²) in [6, 6.07) is 21.0. The van der Waals surface area contributed by atoms with Crippen LogP contribution in [0, 0.1) is 5.82 Å². The number of aromatic nitrogens is 2. The van der Waals surface area contributed by atoms with Crippen LogP contribution in [0.5, 0.6) is 5.75 Å². The SMILES string of the molecule is CS(=O)(=O)CCNCc1ccc(-c2ccc3ncnc(Nc4ccc(OCc5cccc(F)c5)c(Cl)c4)c3c2)o1.CS(=O)(=O)O.O. The molecule has 5 rings (SSSR count). The molecule has 0 fully saturated rings. The Morgan fingerprint density at radius 2 is 1.74 bits per heavy atom. The van der Waals surface area contributed by atoms with Crippen molar-refractivity contribution in [3.05, 3.63) is 101 Å². The minimum absolute atomic E-state index is 0. The first-order chi connectivity index (χ1) is 21.2. The fraction of sp³-hybridized carbons (Fsp3) is 0.200. The van der Waals surface area contributed by atoms with Crippen molar-refractivity contribution in [1.82, 2.24) is 15.3 Å². The number of anilines is 2. The van der Waals surface area contributed by atoms with Crippen LogP contribution in [0.15, 0.2) is 83.5 Å². The first kappa shape index (κ1) is 36.3. The minimum atomic E-state index is -3.67. The second-order valence-electron chi connectivity index (χ2n) is 9.95. The average Bonchev–Trinajstić information content (AvgIpc) is 3.43. The Labute approximate surface area is 270 Å². The summed E-state index contributed by atoms with van der Waals surface area (Å²) < 4.78 is 73.6. The van der Waals surface area contributed by atoms with Crippen molar-refractivity contribution >= 4 is 54.0 Å². The summed E-state index contributed by atoms with van der Waals surface area (Å²) in [5.74, 6) is 2.17. The van der Waals surface area contributed by atoms with Gasteiger partial charge in [0.2, 0.25) is 0 Å². The maximum absolute atomic E-state index is 13.4. The lowest BCUT2D eigenvalue weighted by Gasteiger charge is -2.12. The number of furan rings is 1. The highest BCUT2D eigenvalue weighted by Crippen LogP contribution is 2.32. The second-order valence-corrected chi connectivity index (χ2v) is 14.1. The van der Waals surface area contributed by atoms with Gasteiger partial charge in [-0.1, -0.05) is 23.7 Å². The Bertz CT molecular complexity index is 2000. The van der Waals surface area contributed by atoms with Crippen molar-refractivity contribution in [2.45, 2.75) is 13.2 Å². The largest absolute Gasteiger partial charge is 0.487 e. The van der Waals surface area contributed by atoms with Crippen LogP contribution in [0.3, 0.4) is 0 Å². The van der Waals surface area contributed by atoms with Crippen molar-refractivity contribution in [2.24, 2.45) is 0 Å². The standard InChI is InChI=1S/C29H26ClFN4O4S.CH4O3S.H2O/c1-40(36,37)12-11-32-16-23-7-10-27(39-23)20-5-8-26-24(14-20)29(34-18-33-26)35-22-6-9-28(25(30)15-22)38-17-19-3-2-4-21(31)13-19;1-5(2,3)4;/h2-10,13-15,18,32H,11-12,16-17H2,1H3,(H,33,34,35);1H3,(H,2,3,4);1H2. The van der Waals surface area contributed by atoms with Crippen LogP contribution in [0.25, 0.3) is 22.2 Å². The van der Waals surface area contributed by atoms with Gasteiger partial charge in [-0.3, -0.25) is 4.55 Å². The number of nitrogens with one attached hydrogen (secondary N) is 2. The predicted octanol–water partition coefficient (Wildman–Crippen LogP) is 4.82. The third-order valence-corrected chi connectivity index (χ3v) is 7.25. The Morgan fingerprint density at radius 3 is 2.43 bits per heavy atom. The molecule has 0 saturated heterocycles. The van der Waals surface area contributed by atoms with Gasteiger partial charge in [-0.2, -0.15) is 8.42 Å². The van der Waals surface area contributed by atoms with Crippen LogP contribution < -0.4 is 15.4 Å². The van der Waals surface area contributed by atoms with E-state index in [0.717, 1.165) is 16.5 Å². The monoisotopic (exact) mass is 694 g/mol. The van der Waals surface area contributed by atoms with Gasteiger partial charge in [-0.15, -0.1) is 0 Å². The van der Waals surface area contributed by atoms with Gasteiger partial charge in [-0.25, -0.2) is 22.8 Å². The second kappa shape index (κ2) is 15.9. The number of rotatable bonds is 11. The van der Waals surface area contributed by atoms with Gasteiger partial charge in [0.15, 0.2) is 0 Å². The lowest BCUT2D eigenvalue weighted by Crippen LogP contribution is -2.21. The van der Waals surface area contributed by atoms with Crippen LogP contribution in [0.2, 0.25) is 5.02 Å². The summed E-state index contributed by atoms with van der Waals surface area (Å²) >= 11 is 6.47. The summed E-state index contributed by atoms with van der Waals surface area (Å²) in [7, 11) is -6.69. The third kappa shape index (κ3) is 11.7. The molecular formula is C30H32ClFN4O8S2. The van der Waals surface area contributed by atoms with E-state index in [2.05, 4.69) is 20.6 Å². The van der Waals surface area contributed by atoms with Crippen LogP contribution in [-0.2, 0) is 33.1 Å². The molecule has 0 aliphatic heterocycles. The van der Waals surface area contributed by atoms with Crippen molar-refractivity contribution in [3.8, 4) is 17.1 Å². The number of benzene rings is 3. The number of nitrogens with zero attached hydrogens (tertiary/aromatic N) is 2. The van der Waals surface area contributed by atoms with E-state index in [-0.39, 0.29) is 23.7 Å². The number of ether oxygens (including phenoxy) is 1. The zero-order valence-electron chi connectivity index (χ0n) is 24.7. The van der Waals surface area contributed by atoms with Gasteiger partial charge >= 0.3 is 0 Å². The van der Waals surface area contributed by atoms with Crippen LogP contribution >= 0.6 is 11.6 Å². The summed E-state index contributed by atoms with van der Waals surface area (Å²) in [5.41, 5.74) is 2.99. The molecule has 0 saturated carbocycles. The van der Waals surface area contributed by atoms with E-state index in [0.29, 0.717) is 58.7 Å². The highest BCUT2D eigenvalue weighted by atomic mass is 35.5. The van der Waals surface area contributed by atoms with Gasteiger partial charge < -0.3 is 25.3 Å². The van der Waals surface area contributed by atoms with Gasteiger partial charge in [0.25, 0.3) is 10.1 Å². The van der Waals surface area contributed by atoms with E-state index in [9.17, 15) is 21.2 Å². The smallest absolute Gasteiger partial charge is 0.261 e. The summed E-state index contributed by atoms with van der Waals surface area (Å²) in [4.78, 5) is 8.80. The molecule has 3 aromatic carbocycles. The highest BCUT2D eigenvalue weighted by molar-refractivity contribution is 7.90. The topological polar surface area (TPSA) is 192 Å². The lowest BCUT2D eigenvalue weighted by atomic mass is 10.1. The van der Waals surface area contributed by atoms with E-state index >= 15 is 0 Å². The minimum Gasteiger partial charge on any atom is -0.487 e. The molecule has 0 aliphatic carbocycles. The lowest BCUT2D eigenvalue weighted by molar-refractivity contribution is 0.306. The fourth-order valence-electron chi connectivity index (χ4n) is 4.03. The van der Waals surface area contributed by atoms with Gasteiger partial charge in [0, 0.05) is 29.4 Å². The zero-order chi connectivity index (χ0) is 32.6. The molecule has 16 heteroatoms. The molecule has 0 spiro atoms. The number of sulfone groups is 1. The maximum atomic E-state index is 13.4. The number of hydrogen-bond acceptors (Lipinski definition) is 10. The van der Waals surface area contributed by atoms with E-state index in [4.69, 9.17) is 25.3 Å². The van der Waals surface area contributed by atoms with Gasteiger partial charge in [0.1, 0.15) is 51.7 Å². The first-order valence-corrected chi connectivity index (χ1v) is 17.6. The fourth-order valence-corrected chi connectivity index (χ4v) is 4.78. The normalized spacial score (nSPS) is 11.3. The number of hydrogen-bond donors (Lipinski definition) is 3. The Kier molecular flexibility index (Phi) is 12.6. The molecule has 0 unspecified atom stereocenters. The van der Waals surface area contributed by atoms with E-state index in [1.165, 1.54) is 24.7 Å². The molecule has 5 aromatic rings. The maximum Gasteiger partial charge on any atom is 0.261 e. The first-order valence-electron chi connectivity index (χ1n) is 13.3. The molecule has 46 heavy (non-hydrogen) atoms. The summed E-state index contributed by atoms with van der Waals surface area (Å²) in [5, 5.41) is 7.56. The summed E-state index contributed by atoms with van der Waals surface area (Å²) in [6.07, 6.45) is 3.41. The van der Waals surface area contributed by atoms with Crippen molar-refractivity contribution in [2.75, 3.05) is 30.1 Å². The molecule has 246 valence electrons. The van der Waals surface area contributed by atoms with E-state index in [1.807, 2.05) is 36.4 Å². The average molecular weight is 695 g/mol. The molecular weight excluding hydrogens is 663 g/mol.